The third-order valence-electron chi connectivity index (χ3n) is 4.03. The summed E-state index contributed by atoms with van der Waals surface area (Å²) in [6.45, 7) is 5.05. The van der Waals surface area contributed by atoms with Gasteiger partial charge in [-0.25, -0.2) is 0 Å². The SMILES string of the molecule is Cc1[nH]c2cnccc2c1C(=O)[C@@H]1CCN[C@H](C)C1. The molecule has 0 bridgehead atoms. The molecule has 1 aliphatic heterocycles. The summed E-state index contributed by atoms with van der Waals surface area (Å²) in [5.41, 5.74) is 2.76. The maximum Gasteiger partial charge on any atom is 0.168 e. The number of aryl methyl sites for hydroxylation is 1. The molecule has 0 unspecified atom stereocenters. The number of rotatable bonds is 2. The zero-order valence-corrected chi connectivity index (χ0v) is 11.4. The van der Waals surface area contributed by atoms with Crippen LogP contribution in [0.4, 0.5) is 0 Å². The fourth-order valence-corrected chi connectivity index (χ4v) is 3.07. The predicted molar refractivity (Wildman–Crippen MR) is 75.3 cm³/mol. The lowest BCUT2D eigenvalue weighted by Crippen LogP contribution is -2.38. The van der Waals surface area contributed by atoms with Gasteiger partial charge in [0.25, 0.3) is 0 Å². The second-order valence-electron chi connectivity index (χ2n) is 5.49. The van der Waals surface area contributed by atoms with Gasteiger partial charge in [-0.15, -0.1) is 0 Å². The van der Waals surface area contributed by atoms with Crippen LogP contribution in [0.15, 0.2) is 18.5 Å². The second-order valence-corrected chi connectivity index (χ2v) is 5.49. The van der Waals surface area contributed by atoms with Gasteiger partial charge in [-0.3, -0.25) is 9.78 Å². The number of pyridine rings is 1. The average Bonchev–Trinajstić information content (AvgIpc) is 2.74. The molecule has 19 heavy (non-hydrogen) atoms. The maximum absolute atomic E-state index is 12.8. The predicted octanol–water partition coefficient (Wildman–Crippen LogP) is 2.44. The van der Waals surface area contributed by atoms with Crippen LogP contribution >= 0.6 is 0 Å². The molecule has 4 heteroatoms. The number of ketones is 1. The molecule has 2 aromatic heterocycles. The second kappa shape index (κ2) is 4.78. The summed E-state index contributed by atoms with van der Waals surface area (Å²) in [5, 5.41) is 4.40. The molecule has 0 aliphatic carbocycles. The number of carbonyl (C=O) groups is 1. The Labute approximate surface area is 112 Å². The van der Waals surface area contributed by atoms with E-state index in [9.17, 15) is 4.79 Å². The molecule has 1 fully saturated rings. The lowest BCUT2D eigenvalue weighted by Gasteiger charge is -2.27. The summed E-state index contributed by atoms with van der Waals surface area (Å²) in [4.78, 5) is 20.1. The first-order chi connectivity index (χ1) is 9.16. The number of hydrogen-bond acceptors (Lipinski definition) is 3. The van der Waals surface area contributed by atoms with Crippen molar-refractivity contribution in [3.8, 4) is 0 Å². The molecule has 3 heterocycles. The van der Waals surface area contributed by atoms with E-state index in [1.54, 1.807) is 12.4 Å². The van der Waals surface area contributed by atoms with Crippen molar-refractivity contribution in [1.82, 2.24) is 15.3 Å². The van der Waals surface area contributed by atoms with E-state index in [4.69, 9.17) is 0 Å². The maximum atomic E-state index is 12.8. The molecular weight excluding hydrogens is 238 g/mol. The van der Waals surface area contributed by atoms with Crippen molar-refractivity contribution < 1.29 is 4.79 Å². The molecule has 2 N–H and O–H groups in total. The number of carbonyl (C=O) groups excluding carboxylic acids is 1. The van der Waals surface area contributed by atoms with Crippen LogP contribution in [0.3, 0.4) is 0 Å². The first-order valence-corrected chi connectivity index (χ1v) is 6.86. The van der Waals surface area contributed by atoms with E-state index in [2.05, 4.69) is 22.2 Å². The van der Waals surface area contributed by atoms with Crippen molar-refractivity contribution >= 4 is 16.7 Å². The molecule has 0 saturated carbocycles. The van der Waals surface area contributed by atoms with E-state index in [0.29, 0.717) is 6.04 Å². The van der Waals surface area contributed by atoms with Crippen molar-refractivity contribution in [2.24, 2.45) is 5.92 Å². The zero-order chi connectivity index (χ0) is 13.4. The highest BCUT2D eigenvalue weighted by Crippen LogP contribution is 2.28. The van der Waals surface area contributed by atoms with Gasteiger partial charge in [0.15, 0.2) is 5.78 Å². The Morgan fingerprint density at radius 3 is 3.11 bits per heavy atom. The topological polar surface area (TPSA) is 57.8 Å². The van der Waals surface area contributed by atoms with E-state index in [1.165, 1.54) is 0 Å². The molecule has 0 radical (unpaired) electrons. The van der Waals surface area contributed by atoms with Gasteiger partial charge in [0.1, 0.15) is 0 Å². The molecular formula is C15H19N3O. The van der Waals surface area contributed by atoms with Gasteiger partial charge in [-0.1, -0.05) is 0 Å². The lowest BCUT2D eigenvalue weighted by atomic mass is 9.86. The van der Waals surface area contributed by atoms with E-state index in [-0.39, 0.29) is 11.7 Å². The van der Waals surface area contributed by atoms with Gasteiger partial charge in [-0.2, -0.15) is 0 Å². The molecule has 0 spiro atoms. The molecule has 1 saturated heterocycles. The van der Waals surface area contributed by atoms with Gasteiger partial charge in [0.2, 0.25) is 0 Å². The number of H-pyrrole nitrogens is 1. The minimum atomic E-state index is 0.141. The van der Waals surface area contributed by atoms with Crippen molar-refractivity contribution in [3.63, 3.8) is 0 Å². The van der Waals surface area contributed by atoms with Crippen LogP contribution in [0.5, 0.6) is 0 Å². The van der Waals surface area contributed by atoms with E-state index < -0.39 is 0 Å². The minimum absolute atomic E-state index is 0.141. The summed E-state index contributed by atoms with van der Waals surface area (Å²) in [7, 11) is 0. The van der Waals surface area contributed by atoms with Crippen molar-refractivity contribution in [2.75, 3.05) is 6.54 Å². The van der Waals surface area contributed by atoms with Gasteiger partial charge in [-0.05, 0) is 39.3 Å². The molecule has 4 nitrogen and oxygen atoms in total. The van der Waals surface area contributed by atoms with Crippen molar-refractivity contribution in [1.29, 1.82) is 0 Å². The Morgan fingerprint density at radius 1 is 1.47 bits per heavy atom. The quantitative estimate of drug-likeness (QED) is 0.812. The largest absolute Gasteiger partial charge is 0.357 e. The van der Waals surface area contributed by atoms with Crippen LogP contribution in [0.2, 0.25) is 0 Å². The normalized spacial score (nSPS) is 23.7. The fraction of sp³-hybridized carbons (Fsp3) is 0.467. The highest BCUT2D eigenvalue weighted by molar-refractivity contribution is 6.10. The number of fused-ring (bicyclic) bond motifs is 1. The third kappa shape index (κ3) is 2.16. The number of hydrogen-bond donors (Lipinski definition) is 2. The lowest BCUT2D eigenvalue weighted by molar-refractivity contribution is 0.0882. The summed E-state index contributed by atoms with van der Waals surface area (Å²) in [6.07, 6.45) is 5.39. The van der Waals surface area contributed by atoms with Gasteiger partial charge >= 0.3 is 0 Å². The van der Waals surface area contributed by atoms with Crippen LogP contribution in [0, 0.1) is 12.8 Å². The first-order valence-electron chi connectivity index (χ1n) is 6.86. The number of aromatic nitrogens is 2. The first kappa shape index (κ1) is 12.4. The van der Waals surface area contributed by atoms with Crippen LogP contribution in [-0.4, -0.2) is 28.3 Å². The van der Waals surface area contributed by atoms with Gasteiger partial charge in [0, 0.05) is 34.8 Å². The zero-order valence-electron chi connectivity index (χ0n) is 11.4. The van der Waals surface area contributed by atoms with Gasteiger partial charge in [0.05, 0.1) is 11.7 Å². The minimum Gasteiger partial charge on any atom is -0.357 e. The van der Waals surface area contributed by atoms with E-state index in [0.717, 1.165) is 41.5 Å². The highest BCUT2D eigenvalue weighted by Gasteiger charge is 2.28. The molecule has 2 aromatic rings. The van der Waals surface area contributed by atoms with Crippen LogP contribution in [0.1, 0.15) is 35.8 Å². The van der Waals surface area contributed by atoms with E-state index in [1.807, 2.05) is 13.0 Å². The van der Waals surface area contributed by atoms with Crippen molar-refractivity contribution in [2.45, 2.75) is 32.7 Å². The fourth-order valence-electron chi connectivity index (χ4n) is 3.07. The Bertz CT molecular complexity index is 617. The van der Waals surface area contributed by atoms with Crippen LogP contribution in [0.25, 0.3) is 10.9 Å². The Kier molecular flexibility index (Phi) is 3.11. The summed E-state index contributed by atoms with van der Waals surface area (Å²) in [6, 6.07) is 2.35. The van der Waals surface area contributed by atoms with Crippen LogP contribution in [-0.2, 0) is 0 Å². The average molecular weight is 257 g/mol. The molecule has 2 atom stereocenters. The van der Waals surface area contributed by atoms with Gasteiger partial charge < -0.3 is 10.3 Å². The number of aromatic amines is 1. The highest BCUT2D eigenvalue weighted by atomic mass is 16.1. The molecule has 0 amide bonds. The summed E-state index contributed by atoms with van der Waals surface area (Å²) in [5.74, 6) is 0.422. The molecule has 0 aromatic carbocycles. The molecule has 100 valence electrons. The Morgan fingerprint density at radius 2 is 2.32 bits per heavy atom. The number of piperidine rings is 1. The van der Waals surface area contributed by atoms with E-state index >= 15 is 0 Å². The molecule has 1 aliphatic rings. The standard InChI is InChI=1S/C15H19N3O/c1-9-7-11(3-6-17-9)15(19)14-10(2)18-13-8-16-5-4-12(13)14/h4-5,8-9,11,17-18H,3,6-7H2,1-2H3/t9-,11-/m1/s1. The Balaban J connectivity index is 1.99. The number of nitrogens with one attached hydrogen (secondary N) is 2. The van der Waals surface area contributed by atoms with Crippen molar-refractivity contribution in [3.05, 3.63) is 29.7 Å². The monoisotopic (exact) mass is 257 g/mol. The summed E-state index contributed by atoms with van der Waals surface area (Å²) >= 11 is 0. The third-order valence-corrected chi connectivity index (χ3v) is 4.03. The summed E-state index contributed by atoms with van der Waals surface area (Å²) < 4.78 is 0. The number of nitrogens with zero attached hydrogens (tertiary/aromatic N) is 1. The number of Topliss-reactive ketones (excluding diaryl/α,β-unsaturated/α-hetero) is 1. The molecule has 3 rings (SSSR count). The Hall–Kier alpha value is -1.68. The smallest absolute Gasteiger partial charge is 0.168 e. The van der Waals surface area contributed by atoms with Crippen LogP contribution < -0.4 is 5.32 Å².